The Bertz CT molecular complexity index is 517. The van der Waals surface area contributed by atoms with Crippen LogP contribution in [0.25, 0.3) is 0 Å². The van der Waals surface area contributed by atoms with Crippen molar-refractivity contribution < 1.29 is 4.79 Å². The summed E-state index contributed by atoms with van der Waals surface area (Å²) < 4.78 is 0. The van der Waals surface area contributed by atoms with Crippen LogP contribution in [0.15, 0.2) is 4.99 Å². The first kappa shape index (κ1) is 23.7. The van der Waals surface area contributed by atoms with Gasteiger partial charge in [-0.1, -0.05) is 13.8 Å². The molecule has 1 atom stereocenters. The fourth-order valence-electron chi connectivity index (χ4n) is 4.20. The lowest BCUT2D eigenvalue weighted by atomic mass is 10.1. The number of guanidine groups is 1. The van der Waals surface area contributed by atoms with Gasteiger partial charge in [-0.25, -0.2) is 0 Å². The molecule has 1 amide bonds. The van der Waals surface area contributed by atoms with Crippen LogP contribution in [0.3, 0.4) is 0 Å². The molecule has 28 heavy (non-hydrogen) atoms. The highest BCUT2D eigenvalue weighted by Crippen LogP contribution is 2.19. The monoisotopic (exact) mass is 506 g/mol. The van der Waals surface area contributed by atoms with Crippen molar-refractivity contribution in [2.75, 3.05) is 59.4 Å². The Morgan fingerprint density at radius 1 is 1.11 bits per heavy atom. The topological polar surface area (TPSA) is 63.2 Å². The van der Waals surface area contributed by atoms with Crippen LogP contribution in [0, 0.1) is 5.92 Å². The van der Waals surface area contributed by atoms with Gasteiger partial charge in [-0.15, -0.1) is 24.0 Å². The zero-order valence-electron chi connectivity index (χ0n) is 17.8. The molecule has 2 N–H and O–H groups in total. The second-order valence-electron chi connectivity index (χ2n) is 8.72. The number of carbonyl (C=O) groups is 1. The van der Waals surface area contributed by atoms with Crippen molar-refractivity contribution in [3.8, 4) is 0 Å². The number of nitrogens with zero attached hydrogens (tertiary/aromatic N) is 4. The van der Waals surface area contributed by atoms with E-state index in [4.69, 9.17) is 0 Å². The Hall–Kier alpha value is -0.610. The van der Waals surface area contributed by atoms with Crippen molar-refractivity contribution in [2.45, 2.75) is 51.6 Å². The molecule has 3 fully saturated rings. The predicted molar refractivity (Wildman–Crippen MR) is 125 cm³/mol. The van der Waals surface area contributed by atoms with Gasteiger partial charge in [0.05, 0.1) is 6.54 Å². The molecule has 0 unspecified atom stereocenters. The number of aliphatic imine (C=N–C) groups is 1. The molecule has 1 saturated carbocycles. The van der Waals surface area contributed by atoms with Crippen LogP contribution < -0.4 is 10.6 Å². The van der Waals surface area contributed by atoms with Crippen LogP contribution in [0.4, 0.5) is 0 Å². The summed E-state index contributed by atoms with van der Waals surface area (Å²) in [6, 6.07) is 1.07. The van der Waals surface area contributed by atoms with Crippen LogP contribution >= 0.6 is 24.0 Å². The third-order valence-electron chi connectivity index (χ3n) is 5.79. The maximum Gasteiger partial charge on any atom is 0.234 e. The second kappa shape index (κ2) is 11.5. The summed E-state index contributed by atoms with van der Waals surface area (Å²) in [4.78, 5) is 23.7. The molecule has 1 aliphatic carbocycles. The quantitative estimate of drug-likeness (QED) is 0.309. The van der Waals surface area contributed by atoms with Gasteiger partial charge < -0.3 is 15.5 Å². The summed E-state index contributed by atoms with van der Waals surface area (Å²) >= 11 is 0. The number of hydrogen-bond acceptors (Lipinski definition) is 4. The molecule has 2 aliphatic heterocycles. The Morgan fingerprint density at radius 2 is 1.82 bits per heavy atom. The molecule has 7 nitrogen and oxygen atoms in total. The zero-order valence-corrected chi connectivity index (χ0v) is 20.2. The Kier molecular flexibility index (Phi) is 9.76. The number of nitrogens with one attached hydrogen (secondary N) is 2. The Labute approximate surface area is 187 Å². The second-order valence-corrected chi connectivity index (χ2v) is 8.72. The van der Waals surface area contributed by atoms with Gasteiger partial charge in [0.15, 0.2) is 5.96 Å². The van der Waals surface area contributed by atoms with Crippen LogP contribution in [0.1, 0.15) is 39.5 Å². The highest BCUT2D eigenvalue weighted by Gasteiger charge is 2.27. The number of amides is 1. The fourth-order valence-corrected chi connectivity index (χ4v) is 4.20. The molecule has 0 spiro atoms. The van der Waals surface area contributed by atoms with Crippen molar-refractivity contribution in [3.05, 3.63) is 0 Å². The number of halogens is 1. The fraction of sp³-hybridized carbons (Fsp3) is 0.900. The molecule has 0 aromatic heterocycles. The first-order chi connectivity index (χ1) is 13.0. The van der Waals surface area contributed by atoms with E-state index in [1.807, 2.05) is 7.05 Å². The standard InChI is InChI=1S/C20H38N6O.HI/c1-16(2)14-26-8-4-5-18(26)13-22-20(21-3)25-11-9-24(10-12-25)15-19(27)23-17-6-7-17;/h16-18H,4-15H2,1-3H3,(H,21,22)(H,23,27);1H/t18-;/m1./s1. The highest BCUT2D eigenvalue weighted by atomic mass is 127. The first-order valence-corrected chi connectivity index (χ1v) is 10.8. The molecule has 2 heterocycles. The maximum atomic E-state index is 12.0. The number of rotatable bonds is 7. The number of hydrogen-bond donors (Lipinski definition) is 2. The van der Waals surface area contributed by atoms with Gasteiger partial charge in [0.2, 0.25) is 5.91 Å². The molecular weight excluding hydrogens is 467 g/mol. The molecule has 0 bridgehead atoms. The van der Waals surface area contributed by atoms with Crippen molar-refractivity contribution in [2.24, 2.45) is 10.9 Å². The van der Waals surface area contributed by atoms with Crippen molar-refractivity contribution in [1.82, 2.24) is 25.3 Å². The SMILES string of the molecule is CN=C(NC[C@H]1CCCN1CC(C)C)N1CCN(CC(=O)NC2CC2)CC1.I. The average molecular weight is 506 g/mol. The summed E-state index contributed by atoms with van der Waals surface area (Å²) in [5.74, 6) is 1.91. The largest absolute Gasteiger partial charge is 0.355 e. The third kappa shape index (κ3) is 7.33. The summed E-state index contributed by atoms with van der Waals surface area (Å²) in [7, 11) is 1.87. The van der Waals surface area contributed by atoms with Crippen LogP contribution in [-0.4, -0.2) is 98.1 Å². The summed E-state index contributed by atoms with van der Waals surface area (Å²) in [6.45, 7) is 12.2. The van der Waals surface area contributed by atoms with Crippen LogP contribution in [-0.2, 0) is 4.79 Å². The van der Waals surface area contributed by atoms with Crippen LogP contribution in [0.2, 0.25) is 0 Å². The van der Waals surface area contributed by atoms with Gasteiger partial charge in [-0.3, -0.25) is 19.6 Å². The van der Waals surface area contributed by atoms with Crippen molar-refractivity contribution in [1.29, 1.82) is 0 Å². The van der Waals surface area contributed by atoms with Crippen molar-refractivity contribution in [3.63, 3.8) is 0 Å². The molecule has 162 valence electrons. The maximum absolute atomic E-state index is 12.0. The van der Waals surface area contributed by atoms with Gasteiger partial charge in [0.1, 0.15) is 0 Å². The molecule has 3 aliphatic rings. The molecular formula is C20H39IN6O. The number of piperazine rings is 1. The lowest BCUT2D eigenvalue weighted by Crippen LogP contribution is -2.55. The van der Waals surface area contributed by atoms with E-state index in [9.17, 15) is 4.79 Å². The normalized spacial score (nSPS) is 24.4. The number of likely N-dealkylation sites (tertiary alicyclic amines) is 1. The van der Waals surface area contributed by atoms with Gasteiger partial charge >= 0.3 is 0 Å². The highest BCUT2D eigenvalue weighted by molar-refractivity contribution is 14.0. The smallest absolute Gasteiger partial charge is 0.234 e. The van der Waals surface area contributed by atoms with Gasteiger partial charge in [0.25, 0.3) is 0 Å². The van der Waals surface area contributed by atoms with E-state index in [1.165, 1.54) is 25.9 Å². The predicted octanol–water partition coefficient (Wildman–Crippen LogP) is 1.20. The molecule has 0 aromatic rings. The van der Waals surface area contributed by atoms with E-state index < -0.39 is 0 Å². The van der Waals surface area contributed by atoms with E-state index in [-0.39, 0.29) is 29.9 Å². The van der Waals surface area contributed by atoms with E-state index in [0.29, 0.717) is 18.6 Å². The molecule has 0 aromatic carbocycles. The molecule has 2 saturated heterocycles. The zero-order chi connectivity index (χ0) is 19.2. The lowest BCUT2D eigenvalue weighted by Gasteiger charge is -2.36. The lowest BCUT2D eigenvalue weighted by molar-refractivity contribution is -0.122. The summed E-state index contributed by atoms with van der Waals surface area (Å²) in [6.07, 6.45) is 4.88. The number of carbonyl (C=O) groups excluding carboxylic acids is 1. The summed E-state index contributed by atoms with van der Waals surface area (Å²) in [5.41, 5.74) is 0. The Morgan fingerprint density at radius 3 is 2.43 bits per heavy atom. The van der Waals surface area contributed by atoms with E-state index in [2.05, 4.69) is 44.2 Å². The first-order valence-electron chi connectivity index (χ1n) is 10.8. The van der Waals surface area contributed by atoms with Gasteiger partial charge in [-0.05, 0) is 38.1 Å². The van der Waals surface area contributed by atoms with E-state index in [1.54, 1.807) is 0 Å². The molecule has 0 radical (unpaired) electrons. The van der Waals surface area contributed by atoms with Gasteiger partial charge in [0, 0.05) is 58.4 Å². The van der Waals surface area contributed by atoms with E-state index >= 15 is 0 Å². The van der Waals surface area contributed by atoms with E-state index in [0.717, 1.165) is 57.4 Å². The minimum atomic E-state index is 0. The third-order valence-corrected chi connectivity index (χ3v) is 5.79. The average Bonchev–Trinajstić information content (AvgIpc) is 3.34. The van der Waals surface area contributed by atoms with Crippen molar-refractivity contribution >= 4 is 35.8 Å². The minimum absolute atomic E-state index is 0. The Balaban J connectivity index is 0.00000280. The summed E-state index contributed by atoms with van der Waals surface area (Å²) in [5, 5.41) is 6.69. The molecule has 8 heteroatoms. The van der Waals surface area contributed by atoms with Gasteiger partial charge in [-0.2, -0.15) is 0 Å². The minimum Gasteiger partial charge on any atom is -0.355 e. The van der Waals surface area contributed by atoms with Crippen LogP contribution in [0.5, 0.6) is 0 Å². The molecule has 3 rings (SSSR count).